The van der Waals surface area contributed by atoms with E-state index in [4.69, 9.17) is 4.42 Å². The number of aryl methyl sites for hydroxylation is 1. The van der Waals surface area contributed by atoms with Crippen LogP contribution in [0.25, 0.3) is 17.4 Å². The van der Waals surface area contributed by atoms with E-state index < -0.39 is 0 Å². The molecule has 0 radical (unpaired) electrons. The predicted molar refractivity (Wildman–Crippen MR) is 58.9 cm³/mol. The van der Waals surface area contributed by atoms with Gasteiger partial charge in [0, 0.05) is 11.1 Å². The highest BCUT2D eigenvalue weighted by Crippen LogP contribution is 2.24. The molecule has 2 heteroatoms. The topological polar surface area (TPSA) is 13.1 Å². The summed E-state index contributed by atoms with van der Waals surface area (Å²) in [6, 6.07) is 8.65. The molecule has 0 amide bonds. The summed E-state index contributed by atoms with van der Waals surface area (Å²) in [7, 11) is 0. The van der Waals surface area contributed by atoms with Gasteiger partial charge in [0.25, 0.3) is 0 Å². The minimum Gasteiger partial charge on any atom is -0.461 e. The molecule has 1 nitrogen and oxygen atoms in total. The van der Waals surface area contributed by atoms with E-state index in [-0.39, 0.29) is 5.82 Å². The van der Waals surface area contributed by atoms with Crippen LogP contribution in [0.1, 0.15) is 11.3 Å². The number of furan rings is 1. The van der Waals surface area contributed by atoms with Gasteiger partial charge >= 0.3 is 0 Å². The van der Waals surface area contributed by atoms with Crippen LogP contribution in [0.5, 0.6) is 0 Å². The van der Waals surface area contributed by atoms with E-state index in [0.29, 0.717) is 11.3 Å². The summed E-state index contributed by atoms with van der Waals surface area (Å²) in [5.74, 6) is 1.22. The van der Waals surface area contributed by atoms with E-state index in [0.717, 1.165) is 11.3 Å². The number of hydrogen-bond donors (Lipinski definition) is 0. The smallest absolute Gasteiger partial charge is 0.134 e. The molecule has 0 saturated carbocycles. The molecule has 1 aromatic heterocycles. The van der Waals surface area contributed by atoms with E-state index in [1.165, 1.54) is 12.1 Å². The van der Waals surface area contributed by atoms with Gasteiger partial charge in [0.15, 0.2) is 0 Å². The normalized spacial score (nSPS) is 10.3. The molecule has 1 heterocycles. The lowest BCUT2D eigenvalue weighted by molar-refractivity contribution is 0.547. The highest BCUT2D eigenvalue weighted by molar-refractivity contribution is 5.61. The predicted octanol–water partition coefficient (Wildman–Crippen LogP) is 4.04. The lowest BCUT2D eigenvalue weighted by atomic mass is 10.1. The summed E-state index contributed by atoms with van der Waals surface area (Å²) < 4.78 is 18.8. The fourth-order valence-corrected chi connectivity index (χ4v) is 1.44. The van der Waals surface area contributed by atoms with Crippen LogP contribution in [-0.2, 0) is 0 Å². The molecule has 0 N–H and O–H groups in total. The zero-order valence-corrected chi connectivity index (χ0v) is 8.46. The van der Waals surface area contributed by atoms with Crippen molar-refractivity contribution in [2.24, 2.45) is 0 Å². The summed E-state index contributed by atoms with van der Waals surface area (Å²) in [6.07, 6.45) is 1.49. The lowest BCUT2D eigenvalue weighted by Crippen LogP contribution is -1.83. The van der Waals surface area contributed by atoms with Gasteiger partial charge in [-0.15, -0.1) is 0 Å². The molecule has 2 aromatic rings. The van der Waals surface area contributed by atoms with Crippen LogP contribution < -0.4 is 0 Å². The number of benzene rings is 1. The maximum Gasteiger partial charge on any atom is 0.134 e. The van der Waals surface area contributed by atoms with Crippen molar-refractivity contribution in [1.29, 1.82) is 0 Å². The van der Waals surface area contributed by atoms with Crippen LogP contribution in [0.3, 0.4) is 0 Å². The third-order valence-corrected chi connectivity index (χ3v) is 2.25. The fraction of sp³-hybridized carbons (Fsp3) is 0.0769. The van der Waals surface area contributed by atoms with E-state index in [9.17, 15) is 4.39 Å². The minimum absolute atomic E-state index is 0.281. The summed E-state index contributed by atoms with van der Waals surface area (Å²) >= 11 is 0. The van der Waals surface area contributed by atoms with Crippen LogP contribution in [0.15, 0.2) is 41.3 Å². The maximum absolute atomic E-state index is 13.4. The van der Waals surface area contributed by atoms with Gasteiger partial charge in [-0.25, -0.2) is 4.39 Å². The van der Waals surface area contributed by atoms with Crippen molar-refractivity contribution in [3.63, 3.8) is 0 Å². The number of halogens is 1. The SMILES string of the molecule is C=Cc1ccc(-c2ccc(C)o2)cc1F. The van der Waals surface area contributed by atoms with Gasteiger partial charge in [-0.3, -0.25) is 0 Å². The van der Waals surface area contributed by atoms with Gasteiger partial charge in [-0.05, 0) is 25.1 Å². The molecule has 0 atom stereocenters. The van der Waals surface area contributed by atoms with Crippen molar-refractivity contribution in [2.75, 3.05) is 0 Å². The second-order valence-electron chi connectivity index (χ2n) is 3.35. The molecular weight excluding hydrogens is 191 g/mol. The fourth-order valence-electron chi connectivity index (χ4n) is 1.44. The first kappa shape index (κ1) is 9.71. The van der Waals surface area contributed by atoms with Crippen LogP contribution in [-0.4, -0.2) is 0 Å². The Labute approximate surface area is 87.9 Å². The molecule has 1 aromatic carbocycles. The number of rotatable bonds is 2. The minimum atomic E-state index is -0.281. The average molecular weight is 202 g/mol. The van der Waals surface area contributed by atoms with E-state index in [2.05, 4.69) is 6.58 Å². The first-order chi connectivity index (χ1) is 7.20. The summed E-state index contributed by atoms with van der Waals surface area (Å²) in [6.45, 7) is 5.39. The second kappa shape index (κ2) is 3.73. The third-order valence-electron chi connectivity index (χ3n) is 2.25. The molecule has 15 heavy (non-hydrogen) atoms. The lowest BCUT2D eigenvalue weighted by Gasteiger charge is -2.00. The first-order valence-corrected chi connectivity index (χ1v) is 4.69. The highest BCUT2D eigenvalue weighted by atomic mass is 19.1. The van der Waals surface area contributed by atoms with Gasteiger partial charge in [-0.2, -0.15) is 0 Å². The Balaban J connectivity index is 2.46. The van der Waals surface area contributed by atoms with Gasteiger partial charge in [0.1, 0.15) is 17.3 Å². The Morgan fingerprint density at radius 1 is 1.27 bits per heavy atom. The molecule has 0 fully saturated rings. The molecule has 0 bridgehead atoms. The van der Waals surface area contributed by atoms with Gasteiger partial charge in [0.05, 0.1) is 0 Å². The second-order valence-corrected chi connectivity index (χ2v) is 3.35. The molecule has 0 unspecified atom stereocenters. The Morgan fingerprint density at radius 3 is 2.60 bits per heavy atom. The molecule has 0 saturated heterocycles. The molecule has 0 aliphatic carbocycles. The van der Waals surface area contributed by atoms with Crippen molar-refractivity contribution in [3.05, 3.63) is 54.1 Å². The number of hydrogen-bond acceptors (Lipinski definition) is 1. The Hall–Kier alpha value is -1.83. The van der Waals surface area contributed by atoms with Crippen molar-refractivity contribution in [1.82, 2.24) is 0 Å². The average Bonchev–Trinajstić information content (AvgIpc) is 2.65. The molecule has 2 rings (SSSR count). The highest BCUT2D eigenvalue weighted by Gasteiger charge is 2.05. The third kappa shape index (κ3) is 1.84. The maximum atomic E-state index is 13.4. The van der Waals surface area contributed by atoms with Crippen LogP contribution >= 0.6 is 0 Å². The monoisotopic (exact) mass is 202 g/mol. The standard InChI is InChI=1S/C13H11FO/c1-3-10-5-6-11(8-12(10)14)13-7-4-9(2)15-13/h3-8H,1H2,2H3. The zero-order valence-electron chi connectivity index (χ0n) is 8.46. The summed E-state index contributed by atoms with van der Waals surface area (Å²) in [5.41, 5.74) is 1.24. The van der Waals surface area contributed by atoms with Crippen LogP contribution in [0.4, 0.5) is 4.39 Å². The molecule has 0 spiro atoms. The van der Waals surface area contributed by atoms with Crippen molar-refractivity contribution < 1.29 is 8.81 Å². The van der Waals surface area contributed by atoms with Gasteiger partial charge in [-0.1, -0.05) is 24.8 Å². The molecule has 0 aliphatic heterocycles. The van der Waals surface area contributed by atoms with Gasteiger partial charge < -0.3 is 4.42 Å². The van der Waals surface area contributed by atoms with E-state index in [1.54, 1.807) is 6.07 Å². The van der Waals surface area contributed by atoms with Crippen molar-refractivity contribution >= 4 is 6.08 Å². The van der Waals surface area contributed by atoms with E-state index in [1.807, 2.05) is 25.1 Å². The summed E-state index contributed by atoms with van der Waals surface area (Å²) in [4.78, 5) is 0. The zero-order chi connectivity index (χ0) is 10.8. The van der Waals surface area contributed by atoms with Gasteiger partial charge in [0.2, 0.25) is 0 Å². The Morgan fingerprint density at radius 2 is 2.07 bits per heavy atom. The quantitative estimate of drug-likeness (QED) is 0.716. The largest absolute Gasteiger partial charge is 0.461 e. The Kier molecular flexibility index (Phi) is 2.42. The van der Waals surface area contributed by atoms with E-state index >= 15 is 0 Å². The summed E-state index contributed by atoms with van der Waals surface area (Å²) in [5, 5.41) is 0. The van der Waals surface area contributed by atoms with Crippen LogP contribution in [0, 0.1) is 12.7 Å². The molecular formula is C13H11FO. The van der Waals surface area contributed by atoms with Crippen molar-refractivity contribution in [3.8, 4) is 11.3 Å². The van der Waals surface area contributed by atoms with Crippen molar-refractivity contribution in [2.45, 2.75) is 6.92 Å². The van der Waals surface area contributed by atoms with Crippen LogP contribution in [0.2, 0.25) is 0 Å². The first-order valence-electron chi connectivity index (χ1n) is 4.69. The molecule has 76 valence electrons. The molecule has 0 aliphatic rings. The Bertz CT molecular complexity index is 497.